The molecule has 4 rings (SSSR count). The van der Waals surface area contributed by atoms with Crippen molar-refractivity contribution in [2.45, 2.75) is 60.3 Å². The molecule has 4 aromatic rings. The summed E-state index contributed by atoms with van der Waals surface area (Å²) in [6.07, 6.45) is 0.834. The highest BCUT2D eigenvalue weighted by Crippen LogP contribution is 2.41. The summed E-state index contributed by atoms with van der Waals surface area (Å²) in [6, 6.07) is 8.97. The number of aryl methyl sites for hydroxylation is 4. The van der Waals surface area contributed by atoms with Crippen molar-refractivity contribution < 1.29 is 0 Å². The molecule has 0 saturated heterocycles. The van der Waals surface area contributed by atoms with Gasteiger partial charge in [-0.2, -0.15) is 5.10 Å². The van der Waals surface area contributed by atoms with Gasteiger partial charge in [-0.05, 0) is 70.4 Å². The predicted octanol–water partition coefficient (Wildman–Crippen LogP) is 7.07. The standard InChI is InChI=1S/C22H25ClN4S.C2H6/c1-12-8-13(2)10-15(9-12)19-16(6-7-23)17-11-18(28-20(17)25-19)22(4,5)21-24-14(3)26-27-21;1-2/h8-11,25H,6-7H2,1-5H3,(H,24,26,27);1-2H3. The number of alkyl halides is 1. The van der Waals surface area contributed by atoms with Crippen LogP contribution in [0.1, 0.15) is 60.9 Å². The topological polar surface area (TPSA) is 57.4 Å². The molecule has 0 amide bonds. The van der Waals surface area contributed by atoms with E-state index in [0.717, 1.165) is 18.1 Å². The van der Waals surface area contributed by atoms with Crippen LogP contribution in [0.2, 0.25) is 0 Å². The molecule has 4 nitrogen and oxygen atoms in total. The highest BCUT2D eigenvalue weighted by atomic mass is 35.5. The second kappa shape index (κ2) is 8.94. The summed E-state index contributed by atoms with van der Waals surface area (Å²) in [5.74, 6) is 2.26. The largest absolute Gasteiger partial charge is 0.346 e. The summed E-state index contributed by atoms with van der Waals surface area (Å²) >= 11 is 7.96. The Hall–Kier alpha value is -2.11. The summed E-state index contributed by atoms with van der Waals surface area (Å²) in [7, 11) is 0. The lowest BCUT2D eigenvalue weighted by Gasteiger charge is -2.19. The van der Waals surface area contributed by atoms with E-state index in [1.54, 1.807) is 11.3 Å². The molecular weight excluding hydrogens is 412 g/mol. The summed E-state index contributed by atoms with van der Waals surface area (Å²) in [4.78, 5) is 10.7. The van der Waals surface area contributed by atoms with Crippen molar-refractivity contribution in [3.8, 4) is 11.3 Å². The fourth-order valence-electron chi connectivity index (χ4n) is 3.79. The zero-order valence-electron chi connectivity index (χ0n) is 18.9. The lowest BCUT2D eigenvalue weighted by Crippen LogP contribution is -2.19. The third-order valence-electron chi connectivity index (χ3n) is 5.22. The third kappa shape index (κ3) is 4.19. The van der Waals surface area contributed by atoms with Gasteiger partial charge in [0, 0.05) is 16.1 Å². The van der Waals surface area contributed by atoms with Gasteiger partial charge in [0.15, 0.2) is 5.82 Å². The van der Waals surface area contributed by atoms with Crippen molar-refractivity contribution in [2.75, 3.05) is 5.88 Å². The molecule has 0 spiro atoms. The van der Waals surface area contributed by atoms with Crippen LogP contribution in [0.4, 0.5) is 0 Å². The van der Waals surface area contributed by atoms with Crippen LogP contribution in [0.15, 0.2) is 24.3 Å². The Bertz CT molecular complexity index is 1130. The van der Waals surface area contributed by atoms with Gasteiger partial charge >= 0.3 is 0 Å². The quantitative estimate of drug-likeness (QED) is 0.324. The minimum Gasteiger partial charge on any atom is -0.346 e. The number of rotatable bonds is 5. The SMILES string of the molecule is CC.Cc1cc(C)cc(-c2[nH]c3sc(C(C)(C)c4n[nH]c(C)n4)cc3c2CCCl)c1. The van der Waals surface area contributed by atoms with E-state index in [0.29, 0.717) is 5.88 Å². The first-order valence-corrected chi connectivity index (χ1v) is 11.8. The summed E-state index contributed by atoms with van der Waals surface area (Å²) in [5.41, 5.74) is 5.99. The average Bonchev–Trinajstić information content (AvgIpc) is 3.39. The van der Waals surface area contributed by atoms with Crippen LogP contribution in [0.25, 0.3) is 21.5 Å². The molecule has 0 fully saturated rings. The summed E-state index contributed by atoms with van der Waals surface area (Å²) < 4.78 is 0. The van der Waals surface area contributed by atoms with E-state index >= 15 is 0 Å². The van der Waals surface area contributed by atoms with E-state index < -0.39 is 0 Å². The minimum atomic E-state index is -0.256. The van der Waals surface area contributed by atoms with Crippen molar-refractivity contribution in [1.82, 2.24) is 20.2 Å². The molecule has 0 bridgehead atoms. The molecular formula is C24H31ClN4S. The summed E-state index contributed by atoms with van der Waals surface area (Å²) in [5, 5.41) is 8.62. The highest BCUT2D eigenvalue weighted by Gasteiger charge is 2.31. The van der Waals surface area contributed by atoms with Crippen LogP contribution >= 0.6 is 22.9 Å². The van der Waals surface area contributed by atoms with Crippen LogP contribution in [0.5, 0.6) is 0 Å². The Labute approximate surface area is 188 Å². The van der Waals surface area contributed by atoms with Gasteiger partial charge in [0.05, 0.1) is 11.1 Å². The first-order valence-electron chi connectivity index (χ1n) is 10.5. The minimum absolute atomic E-state index is 0.256. The number of fused-ring (bicyclic) bond motifs is 1. The Kier molecular flexibility index (Phi) is 6.73. The molecule has 0 aliphatic heterocycles. The first-order chi connectivity index (χ1) is 14.3. The van der Waals surface area contributed by atoms with Crippen molar-refractivity contribution in [2.24, 2.45) is 0 Å². The molecule has 6 heteroatoms. The molecule has 0 radical (unpaired) electrons. The number of benzene rings is 1. The van der Waals surface area contributed by atoms with E-state index in [-0.39, 0.29) is 5.41 Å². The fourth-order valence-corrected chi connectivity index (χ4v) is 5.17. The molecule has 0 unspecified atom stereocenters. The Morgan fingerprint density at radius 2 is 1.70 bits per heavy atom. The average molecular weight is 443 g/mol. The van der Waals surface area contributed by atoms with Gasteiger partial charge in [-0.25, -0.2) is 4.98 Å². The van der Waals surface area contributed by atoms with Crippen molar-refractivity contribution in [1.29, 1.82) is 0 Å². The van der Waals surface area contributed by atoms with Gasteiger partial charge in [-0.15, -0.1) is 22.9 Å². The molecule has 0 atom stereocenters. The normalized spacial score (nSPS) is 11.6. The fraction of sp³-hybridized carbons (Fsp3) is 0.417. The Morgan fingerprint density at radius 3 is 2.27 bits per heavy atom. The maximum absolute atomic E-state index is 6.18. The number of H-pyrrole nitrogens is 2. The van der Waals surface area contributed by atoms with Gasteiger partial charge in [-0.1, -0.05) is 31.0 Å². The van der Waals surface area contributed by atoms with Crippen LogP contribution < -0.4 is 0 Å². The smallest absolute Gasteiger partial charge is 0.161 e. The van der Waals surface area contributed by atoms with Crippen LogP contribution in [0, 0.1) is 20.8 Å². The molecule has 160 valence electrons. The van der Waals surface area contributed by atoms with Crippen molar-refractivity contribution in [3.63, 3.8) is 0 Å². The number of hydrogen-bond donors (Lipinski definition) is 2. The van der Waals surface area contributed by atoms with E-state index in [2.05, 4.69) is 72.1 Å². The molecule has 3 heterocycles. The maximum Gasteiger partial charge on any atom is 0.161 e. The number of aromatic amines is 2. The number of hydrogen-bond acceptors (Lipinski definition) is 3. The van der Waals surface area contributed by atoms with E-state index in [9.17, 15) is 0 Å². The van der Waals surface area contributed by atoms with Gasteiger partial charge in [0.25, 0.3) is 0 Å². The molecule has 2 N–H and O–H groups in total. The van der Waals surface area contributed by atoms with Crippen LogP contribution in [0.3, 0.4) is 0 Å². The van der Waals surface area contributed by atoms with Gasteiger partial charge in [0.1, 0.15) is 10.7 Å². The van der Waals surface area contributed by atoms with Crippen LogP contribution in [-0.4, -0.2) is 26.0 Å². The number of nitrogens with one attached hydrogen (secondary N) is 2. The third-order valence-corrected chi connectivity index (χ3v) is 6.79. The lowest BCUT2D eigenvalue weighted by atomic mass is 9.90. The van der Waals surface area contributed by atoms with Gasteiger partial charge < -0.3 is 4.98 Å². The van der Waals surface area contributed by atoms with E-state index in [1.807, 2.05) is 20.8 Å². The lowest BCUT2D eigenvalue weighted by molar-refractivity contribution is 0.606. The second-order valence-electron chi connectivity index (χ2n) is 8.02. The van der Waals surface area contributed by atoms with Gasteiger partial charge in [0.2, 0.25) is 0 Å². The predicted molar refractivity (Wildman–Crippen MR) is 130 cm³/mol. The van der Waals surface area contributed by atoms with E-state index in [1.165, 1.54) is 43.0 Å². The summed E-state index contributed by atoms with van der Waals surface area (Å²) in [6.45, 7) is 14.6. The molecule has 0 saturated carbocycles. The number of aromatic nitrogens is 4. The molecule has 3 aromatic heterocycles. The zero-order chi connectivity index (χ0) is 22.1. The van der Waals surface area contributed by atoms with Crippen molar-refractivity contribution in [3.05, 3.63) is 57.5 Å². The highest BCUT2D eigenvalue weighted by molar-refractivity contribution is 7.18. The molecule has 30 heavy (non-hydrogen) atoms. The number of halogens is 1. The van der Waals surface area contributed by atoms with Crippen LogP contribution in [-0.2, 0) is 11.8 Å². The maximum atomic E-state index is 6.18. The Morgan fingerprint density at radius 1 is 1.03 bits per heavy atom. The molecule has 0 aliphatic carbocycles. The first kappa shape index (κ1) is 22.6. The zero-order valence-corrected chi connectivity index (χ0v) is 20.5. The van der Waals surface area contributed by atoms with Gasteiger partial charge in [-0.3, -0.25) is 5.10 Å². The number of thiophene rings is 1. The van der Waals surface area contributed by atoms with E-state index in [4.69, 9.17) is 11.6 Å². The Balaban J connectivity index is 0.00000124. The molecule has 1 aromatic carbocycles. The number of nitrogens with zero attached hydrogens (tertiary/aromatic N) is 2. The monoisotopic (exact) mass is 442 g/mol. The second-order valence-corrected chi connectivity index (χ2v) is 9.45. The molecule has 0 aliphatic rings. The van der Waals surface area contributed by atoms with Crippen molar-refractivity contribution >= 4 is 33.2 Å².